The molecule has 0 aliphatic rings. The SMILES string of the molecule is C#CCCCC(NN)c1ccc(Br)cc1Br. The van der Waals surface area contributed by atoms with Crippen LogP contribution in [0.5, 0.6) is 0 Å². The van der Waals surface area contributed by atoms with Crippen molar-refractivity contribution in [2.75, 3.05) is 0 Å². The van der Waals surface area contributed by atoms with Crippen molar-refractivity contribution in [1.29, 1.82) is 0 Å². The molecule has 1 rings (SSSR count). The van der Waals surface area contributed by atoms with Crippen LogP contribution in [0.1, 0.15) is 30.9 Å². The van der Waals surface area contributed by atoms with Crippen LogP contribution in [-0.2, 0) is 0 Å². The molecular formula is C12H14Br2N2. The Kier molecular flexibility index (Phi) is 6.07. The van der Waals surface area contributed by atoms with E-state index >= 15 is 0 Å². The van der Waals surface area contributed by atoms with Gasteiger partial charge in [0.05, 0.1) is 0 Å². The summed E-state index contributed by atoms with van der Waals surface area (Å²) < 4.78 is 2.09. The van der Waals surface area contributed by atoms with Gasteiger partial charge in [0.2, 0.25) is 0 Å². The molecule has 2 nitrogen and oxygen atoms in total. The maximum Gasteiger partial charge on any atom is 0.0471 e. The Balaban J connectivity index is 2.75. The molecule has 3 N–H and O–H groups in total. The fourth-order valence-corrected chi connectivity index (χ4v) is 2.84. The molecule has 4 heteroatoms. The number of hydrazine groups is 1. The number of halogens is 2. The molecule has 0 amide bonds. The van der Waals surface area contributed by atoms with Crippen LogP contribution < -0.4 is 11.3 Å². The van der Waals surface area contributed by atoms with E-state index in [0.717, 1.165) is 33.8 Å². The lowest BCUT2D eigenvalue weighted by Crippen LogP contribution is -2.28. The summed E-state index contributed by atoms with van der Waals surface area (Å²) in [6, 6.07) is 6.21. The van der Waals surface area contributed by atoms with Crippen LogP contribution in [0.3, 0.4) is 0 Å². The Morgan fingerprint density at radius 2 is 2.19 bits per heavy atom. The van der Waals surface area contributed by atoms with Crippen molar-refractivity contribution in [3.8, 4) is 12.3 Å². The van der Waals surface area contributed by atoms with Crippen molar-refractivity contribution in [3.63, 3.8) is 0 Å². The number of nitrogens with one attached hydrogen (secondary N) is 1. The molecule has 16 heavy (non-hydrogen) atoms. The van der Waals surface area contributed by atoms with Crippen LogP contribution in [0.25, 0.3) is 0 Å². The van der Waals surface area contributed by atoms with Gasteiger partial charge in [-0.15, -0.1) is 12.3 Å². The minimum atomic E-state index is 0.135. The van der Waals surface area contributed by atoms with Crippen molar-refractivity contribution in [2.24, 2.45) is 5.84 Å². The zero-order valence-electron chi connectivity index (χ0n) is 8.84. The number of benzene rings is 1. The van der Waals surface area contributed by atoms with Gasteiger partial charge in [0.15, 0.2) is 0 Å². The lowest BCUT2D eigenvalue weighted by molar-refractivity contribution is 0.501. The summed E-state index contributed by atoms with van der Waals surface area (Å²) in [5.74, 6) is 8.19. The van der Waals surface area contributed by atoms with Gasteiger partial charge in [-0.2, -0.15) is 0 Å². The van der Waals surface area contributed by atoms with E-state index in [1.807, 2.05) is 12.1 Å². The average Bonchev–Trinajstić information content (AvgIpc) is 2.26. The highest BCUT2D eigenvalue weighted by atomic mass is 79.9. The molecule has 1 aromatic carbocycles. The first-order chi connectivity index (χ1) is 7.69. The van der Waals surface area contributed by atoms with Crippen LogP contribution in [0.2, 0.25) is 0 Å². The molecule has 86 valence electrons. The first-order valence-electron chi connectivity index (χ1n) is 5.03. The molecule has 1 aromatic rings. The smallest absolute Gasteiger partial charge is 0.0471 e. The molecule has 0 radical (unpaired) electrons. The maximum atomic E-state index is 5.56. The fourth-order valence-electron chi connectivity index (χ4n) is 1.52. The van der Waals surface area contributed by atoms with Gasteiger partial charge >= 0.3 is 0 Å². The topological polar surface area (TPSA) is 38.0 Å². The van der Waals surface area contributed by atoms with Crippen LogP contribution >= 0.6 is 31.9 Å². The van der Waals surface area contributed by atoms with E-state index in [0.29, 0.717) is 0 Å². The van der Waals surface area contributed by atoms with E-state index in [4.69, 9.17) is 12.3 Å². The highest BCUT2D eigenvalue weighted by Crippen LogP contribution is 2.29. The first-order valence-corrected chi connectivity index (χ1v) is 6.62. The zero-order chi connectivity index (χ0) is 12.0. The quantitative estimate of drug-likeness (QED) is 0.371. The fraction of sp³-hybridized carbons (Fsp3) is 0.333. The van der Waals surface area contributed by atoms with E-state index in [1.165, 1.54) is 0 Å². The van der Waals surface area contributed by atoms with Gasteiger partial charge in [-0.1, -0.05) is 37.9 Å². The Hall–Kier alpha value is -0.340. The Bertz CT molecular complexity index is 385. The standard InChI is InChI=1S/C12H14Br2N2/c1-2-3-4-5-12(16-15)10-7-6-9(13)8-11(10)14/h1,6-8,12,16H,3-5,15H2. The summed E-state index contributed by atoms with van der Waals surface area (Å²) in [7, 11) is 0. The monoisotopic (exact) mass is 344 g/mol. The number of rotatable bonds is 5. The number of hydrogen-bond acceptors (Lipinski definition) is 2. The van der Waals surface area contributed by atoms with Gasteiger partial charge in [-0.3, -0.25) is 11.3 Å². The second kappa shape index (κ2) is 7.08. The Labute approximate surface area is 113 Å². The van der Waals surface area contributed by atoms with Crippen molar-refractivity contribution in [3.05, 3.63) is 32.7 Å². The van der Waals surface area contributed by atoms with Gasteiger partial charge in [0.1, 0.15) is 0 Å². The molecule has 0 aliphatic heterocycles. The molecular weight excluding hydrogens is 332 g/mol. The average molecular weight is 346 g/mol. The third-order valence-electron chi connectivity index (χ3n) is 2.35. The summed E-state index contributed by atoms with van der Waals surface area (Å²) in [5, 5.41) is 0. The van der Waals surface area contributed by atoms with E-state index in [2.05, 4.69) is 49.3 Å². The van der Waals surface area contributed by atoms with E-state index in [9.17, 15) is 0 Å². The van der Waals surface area contributed by atoms with Crippen LogP contribution in [0.4, 0.5) is 0 Å². The van der Waals surface area contributed by atoms with Crippen LogP contribution in [0.15, 0.2) is 27.1 Å². The van der Waals surface area contributed by atoms with E-state index in [1.54, 1.807) is 0 Å². The summed E-state index contributed by atoms with van der Waals surface area (Å²) in [4.78, 5) is 0. The van der Waals surface area contributed by atoms with Crippen molar-refractivity contribution < 1.29 is 0 Å². The summed E-state index contributed by atoms with van der Waals surface area (Å²) >= 11 is 6.95. The molecule has 0 saturated carbocycles. The summed E-state index contributed by atoms with van der Waals surface area (Å²) in [6.07, 6.45) is 7.91. The first kappa shape index (κ1) is 13.7. The normalized spacial score (nSPS) is 12.1. The molecule has 0 fully saturated rings. The van der Waals surface area contributed by atoms with Crippen molar-refractivity contribution in [1.82, 2.24) is 5.43 Å². The third kappa shape index (κ3) is 3.91. The predicted molar refractivity (Wildman–Crippen MR) is 74.6 cm³/mol. The van der Waals surface area contributed by atoms with Crippen LogP contribution in [0, 0.1) is 12.3 Å². The Morgan fingerprint density at radius 1 is 1.44 bits per heavy atom. The third-order valence-corrected chi connectivity index (χ3v) is 3.53. The largest absolute Gasteiger partial charge is 0.271 e. The lowest BCUT2D eigenvalue weighted by Gasteiger charge is -2.17. The molecule has 0 aliphatic carbocycles. The molecule has 0 aromatic heterocycles. The highest BCUT2D eigenvalue weighted by molar-refractivity contribution is 9.11. The lowest BCUT2D eigenvalue weighted by atomic mass is 10.0. The molecule has 0 saturated heterocycles. The van der Waals surface area contributed by atoms with Crippen molar-refractivity contribution >= 4 is 31.9 Å². The maximum absolute atomic E-state index is 5.56. The minimum absolute atomic E-state index is 0.135. The number of terminal acetylenes is 1. The molecule has 0 heterocycles. The van der Waals surface area contributed by atoms with Gasteiger partial charge in [-0.25, -0.2) is 0 Å². The molecule has 1 atom stereocenters. The highest BCUT2D eigenvalue weighted by Gasteiger charge is 2.12. The second-order valence-electron chi connectivity index (χ2n) is 3.48. The van der Waals surface area contributed by atoms with E-state index < -0.39 is 0 Å². The van der Waals surface area contributed by atoms with Gasteiger partial charge in [0, 0.05) is 21.4 Å². The Morgan fingerprint density at radius 3 is 2.75 bits per heavy atom. The van der Waals surface area contributed by atoms with Gasteiger partial charge in [0.25, 0.3) is 0 Å². The molecule has 0 bridgehead atoms. The van der Waals surface area contributed by atoms with Crippen molar-refractivity contribution in [2.45, 2.75) is 25.3 Å². The number of hydrogen-bond donors (Lipinski definition) is 2. The molecule has 1 unspecified atom stereocenters. The minimum Gasteiger partial charge on any atom is -0.271 e. The number of nitrogens with two attached hydrogens (primary N) is 1. The van der Waals surface area contributed by atoms with Gasteiger partial charge in [-0.05, 0) is 30.5 Å². The van der Waals surface area contributed by atoms with Crippen LogP contribution in [-0.4, -0.2) is 0 Å². The second-order valence-corrected chi connectivity index (χ2v) is 5.25. The zero-order valence-corrected chi connectivity index (χ0v) is 12.0. The van der Waals surface area contributed by atoms with E-state index in [-0.39, 0.29) is 6.04 Å². The van der Waals surface area contributed by atoms with Gasteiger partial charge < -0.3 is 0 Å². The summed E-state index contributed by atoms with van der Waals surface area (Å²) in [6.45, 7) is 0. The number of unbranched alkanes of at least 4 members (excludes halogenated alkanes) is 1. The predicted octanol–water partition coefficient (Wildman–Crippen LogP) is 3.52. The molecule has 0 spiro atoms. The summed E-state index contributed by atoms with van der Waals surface area (Å²) in [5.41, 5.74) is 3.98.